The van der Waals surface area contributed by atoms with Crippen LogP contribution in [-0.4, -0.2) is 157 Å². The molecule has 2 aliphatic heterocycles. The van der Waals surface area contributed by atoms with Crippen molar-refractivity contribution in [2.75, 3.05) is 40.0 Å². The number of benzene rings is 3. The Hall–Kier alpha value is -6.94. The number of nitrogen functional groups attached to an aromatic ring is 1. The van der Waals surface area contributed by atoms with Crippen molar-refractivity contribution < 1.29 is 48.2 Å². The number of methoxy groups -OCH3 is 1. The Morgan fingerprint density at radius 3 is 1.46 bits per heavy atom. The molecule has 8 amide bonds. The van der Waals surface area contributed by atoms with Crippen LogP contribution in [0.15, 0.2) is 66.7 Å². The van der Waals surface area contributed by atoms with Crippen molar-refractivity contribution in [1.82, 2.24) is 52.3 Å². The SMILES string of the molecule is CN[C@@H](C)C(=O)N[C@H](C(=O)N1C[C@@H](NC(=O)c2cc(N)cc(C(=O)N[C@H]3C[C@@H](C(=O)NC4CCCc5ccccc54)N(C(=O)[C@@H](NC(=O)[C@H](C)NC)[C@@H](C)OC)C3)c2)C[C@H]1C(=O)N[C@@H]1CCCc2ccccc21)[C@@H](C)O. The highest BCUT2D eigenvalue weighted by Crippen LogP contribution is 2.33. The van der Waals surface area contributed by atoms with Gasteiger partial charge in [-0.15, -0.1) is 0 Å². The van der Waals surface area contributed by atoms with Crippen LogP contribution in [0.4, 0.5) is 5.69 Å². The normalized spacial score (nSPS) is 23.3. The van der Waals surface area contributed by atoms with E-state index in [1.807, 2.05) is 48.5 Å². The molecule has 3 aromatic carbocycles. The summed E-state index contributed by atoms with van der Waals surface area (Å²) in [5.74, 6) is -4.46. The van der Waals surface area contributed by atoms with E-state index >= 15 is 0 Å². The third-order valence-electron chi connectivity index (χ3n) is 15.4. The summed E-state index contributed by atoms with van der Waals surface area (Å²) >= 11 is 0. The number of likely N-dealkylation sites (N-methyl/N-ethyl adjacent to an activating group) is 2. The highest BCUT2D eigenvalue weighted by Gasteiger charge is 2.46. The molecule has 0 saturated carbocycles. The first kappa shape index (κ1) is 56.8. The van der Waals surface area contributed by atoms with E-state index in [9.17, 15) is 43.5 Å². The number of amides is 8. The topological polar surface area (TPSA) is 295 Å². The molecule has 2 heterocycles. The van der Waals surface area contributed by atoms with Crippen LogP contribution in [0.3, 0.4) is 0 Å². The first-order valence-electron chi connectivity index (χ1n) is 26.4. The third-order valence-corrected chi connectivity index (χ3v) is 15.4. The minimum Gasteiger partial charge on any atom is -0.399 e. The summed E-state index contributed by atoms with van der Waals surface area (Å²) in [5, 5.41) is 34.0. The molecular weight excluding hydrogens is 975 g/mol. The fourth-order valence-electron chi connectivity index (χ4n) is 10.7. The summed E-state index contributed by atoms with van der Waals surface area (Å²) in [7, 11) is 4.61. The summed E-state index contributed by atoms with van der Waals surface area (Å²) in [6.45, 7) is 6.00. The van der Waals surface area contributed by atoms with Crippen LogP contribution in [0, 0.1) is 0 Å². The molecule has 0 bridgehead atoms. The number of ether oxygens (including phenoxy) is 1. The second-order valence-corrected chi connectivity index (χ2v) is 20.6. The number of nitrogens with one attached hydrogen (secondary N) is 8. The van der Waals surface area contributed by atoms with Gasteiger partial charge in [0.05, 0.1) is 36.4 Å². The van der Waals surface area contributed by atoms with Gasteiger partial charge in [0.25, 0.3) is 11.8 Å². The summed E-state index contributed by atoms with van der Waals surface area (Å²) in [5.41, 5.74) is 10.7. The molecule has 0 spiro atoms. The van der Waals surface area contributed by atoms with Gasteiger partial charge in [-0.2, -0.15) is 0 Å². The number of hydrogen-bond acceptors (Lipinski definition) is 13. The Kier molecular flexibility index (Phi) is 18.9. The van der Waals surface area contributed by atoms with Gasteiger partial charge >= 0.3 is 0 Å². The Labute approximate surface area is 443 Å². The molecule has 76 heavy (non-hydrogen) atoms. The molecule has 12 atom stereocenters. The van der Waals surface area contributed by atoms with Crippen molar-refractivity contribution in [1.29, 1.82) is 0 Å². The van der Waals surface area contributed by atoms with Crippen molar-refractivity contribution in [3.05, 3.63) is 100 Å². The van der Waals surface area contributed by atoms with Crippen molar-refractivity contribution in [2.45, 2.75) is 152 Å². The molecule has 3 aromatic rings. The number of anilines is 1. The number of nitrogens with two attached hydrogens (primary N) is 1. The van der Waals surface area contributed by atoms with Gasteiger partial charge in [-0.05, 0) is 134 Å². The lowest BCUT2D eigenvalue weighted by atomic mass is 9.87. The van der Waals surface area contributed by atoms with Gasteiger partial charge in [0.2, 0.25) is 35.4 Å². The minimum atomic E-state index is -1.41. The smallest absolute Gasteiger partial charge is 0.251 e. The van der Waals surface area contributed by atoms with Gasteiger partial charge in [-0.1, -0.05) is 48.5 Å². The quantitative estimate of drug-likeness (QED) is 0.0740. The fourth-order valence-corrected chi connectivity index (χ4v) is 10.7. The van der Waals surface area contributed by atoms with Crippen LogP contribution < -0.4 is 48.3 Å². The molecular formula is C55H75N11O10. The maximum atomic E-state index is 14.6. The molecule has 4 aliphatic rings. The van der Waals surface area contributed by atoms with Crippen LogP contribution in [0.5, 0.6) is 0 Å². The number of rotatable bonds is 19. The second-order valence-electron chi connectivity index (χ2n) is 20.6. The molecule has 2 aliphatic carbocycles. The summed E-state index contributed by atoms with van der Waals surface area (Å²) < 4.78 is 5.55. The molecule has 1 unspecified atom stereocenters. The Morgan fingerprint density at radius 2 is 1.04 bits per heavy atom. The first-order chi connectivity index (χ1) is 36.3. The number of fused-ring (bicyclic) bond motifs is 2. The Morgan fingerprint density at radius 1 is 0.618 bits per heavy atom. The average Bonchev–Trinajstić information content (AvgIpc) is 4.05. The van der Waals surface area contributed by atoms with Gasteiger partial charge in [0.15, 0.2) is 0 Å². The lowest BCUT2D eigenvalue weighted by molar-refractivity contribution is -0.144. The van der Waals surface area contributed by atoms with E-state index in [1.165, 1.54) is 42.0 Å². The van der Waals surface area contributed by atoms with E-state index in [4.69, 9.17) is 10.5 Å². The Balaban J connectivity index is 1.09. The van der Waals surface area contributed by atoms with Gasteiger partial charge in [-0.25, -0.2) is 0 Å². The van der Waals surface area contributed by atoms with Gasteiger partial charge in [0.1, 0.15) is 24.2 Å². The van der Waals surface area contributed by atoms with Crippen LogP contribution in [0.2, 0.25) is 0 Å². The number of aliphatic hydroxyl groups is 1. The standard InChI is InChI=1S/C55H75N11O10/c1-29(57-5)48(68)63-46(31(3)67)54(74)65-27-38(25-44(65)52(72)61-42-20-12-16-33-14-8-10-18-40(33)42)59-50(70)35-22-36(24-37(56)23-35)51(71)60-39-26-45(53(73)62-43-21-13-17-34-15-9-11-19-41(34)43)66(28-39)55(75)47(32(4)76-7)64-49(69)30(2)58-6/h8-11,14-15,18-19,22-24,29-32,38-39,42-47,57-58,67H,12-13,16-17,20-21,25-28,56H2,1-7H3,(H,59,70)(H,60,71)(H,61,72)(H,62,73)(H,63,68)(H,64,69)/t29-,30-,31+,32+,38-,39-,42+,43?,44-,45-,46-,47-/m0/s1. The van der Waals surface area contributed by atoms with E-state index in [-0.39, 0.29) is 54.8 Å². The van der Waals surface area contributed by atoms with Crippen molar-refractivity contribution in [3.8, 4) is 0 Å². The fraction of sp³-hybridized carbons (Fsp3) is 0.527. The maximum absolute atomic E-state index is 14.6. The molecule has 2 saturated heterocycles. The lowest BCUT2D eigenvalue weighted by Gasteiger charge is -2.33. The largest absolute Gasteiger partial charge is 0.399 e. The Bertz CT molecular complexity index is 2650. The summed E-state index contributed by atoms with van der Waals surface area (Å²) in [6.07, 6.45) is 2.68. The highest BCUT2D eigenvalue weighted by atomic mass is 16.5. The highest BCUT2D eigenvalue weighted by molar-refractivity contribution is 6.02. The maximum Gasteiger partial charge on any atom is 0.251 e. The summed E-state index contributed by atoms with van der Waals surface area (Å²) in [4.78, 5) is 115. The number of carbonyl (C=O) groups excluding carboxylic acids is 8. The van der Waals surface area contributed by atoms with Crippen LogP contribution in [0.25, 0.3) is 0 Å². The lowest BCUT2D eigenvalue weighted by Crippen LogP contribution is -2.59. The van der Waals surface area contributed by atoms with E-state index in [1.54, 1.807) is 34.9 Å². The van der Waals surface area contributed by atoms with E-state index in [2.05, 4.69) is 42.5 Å². The van der Waals surface area contributed by atoms with Crippen LogP contribution in [-0.2, 0) is 46.3 Å². The number of aryl methyl sites for hydroxylation is 2. The minimum absolute atomic E-state index is 0.00101. The van der Waals surface area contributed by atoms with Gasteiger partial charge in [-0.3, -0.25) is 38.4 Å². The number of nitrogens with zero attached hydrogens (tertiary/aromatic N) is 2. The number of likely N-dealkylation sites (tertiary alicyclic amines) is 2. The number of carbonyl (C=O) groups is 8. The van der Waals surface area contributed by atoms with Crippen molar-refractivity contribution >= 4 is 52.9 Å². The zero-order valence-corrected chi connectivity index (χ0v) is 44.4. The molecule has 7 rings (SSSR count). The molecule has 410 valence electrons. The number of hydrogen-bond donors (Lipinski definition) is 10. The third kappa shape index (κ3) is 13.2. The first-order valence-corrected chi connectivity index (χ1v) is 26.4. The molecule has 0 radical (unpaired) electrons. The number of aliphatic hydroxyl groups excluding tert-OH is 1. The van der Waals surface area contributed by atoms with Crippen molar-refractivity contribution in [2.24, 2.45) is 0 Å². The zero-order valence-electron chi connectivity index (χ0n) is 44.4. The van der Waals surface area contributed by atoms with Crippen LogP contribution in [0.1, 0.15) is 121 Å². The molecule has 2 fully saturated rings. The van der Waals surface area contributed by atoms with E-state index in [0.29, 0.717) is 12.8 Å². The molecule has 21 heteroatoms. The predicted octanol–water partition coefficient (Wildman–Crippen LogP) is 0.656. The van der Waals surface area contributed by atoms with Gasteiger partial charge in [0, 0.05) is 49.1 Å². The predicted molar refractivity (Wildman–Crippen MR) is 283 cm³/mol. The zero-order chi connectivity index (χ0) is 55.0. The van der Waals surface area contributed by atoms with Gasteiger partial charge < -0.3 is 67.9 Å². The molecule has 11 N–H and O–H groups in total. The van der Waals surface area contributed by atoms with Crippen LogP contribution >= 0.6 is 0 Å². The molecule has 21 nitrogen and oxygen atoms in total. The van der Waals surface area contributed by atoms with Crippen molar-refractivity contribution in [3.63, 3.8) is 0 Å². The van der Waals surface area contributed by atoms with E-state index < -0.39 is 108 Å². The van der Waals surface area contributed by atoms with E-state index in [0.717, 1.165) is 47.9 Å². The average molecular weight is 1050 g/mol. The monoisotopic (exact) mass is 1050 g/mol. The summed E-state index contributed by atoms with van der Waals surface area (Å²) in [6, 6.07) is 11.6. The second kappa shape index (κ2) is 25.3. The molecule has 0 aromatic heterocycles.